The fraction of sp³-hybridized carbons (Fsp3) is 0.923. The van der Waals surface area contributed by atoms with E-state index in [1.54, 1.807) is 0 Å². The molecule has 0 aliphatic heterocycles. The van der Waals surface area contributed by atoms with Crippen molar-refractivity contribution in [3.8, 4) is 0 Å². The number of hydrogen-bond acceptors (Lipinski definition) is 3. The molecule has 0 aliphatic rings. The molecule has 1 unspecified atom stereocenters. The van der Waals surface area contributed by atoms with Gasteiger partial charge in [-0.3, -0.25) is 4.79 Å². The first-order chi connectivity index (χ1) is 8.15. The molecule has 102 valence electrons. The molecule has 0 aromatic heterocycles. The van der Waals surface area contributed by atoms with Crippen molar-refractivity contribution in [3.63, 3.8) is 0 Å². The second-order valence-electron chi connectivity index (χ2n) is 4.34. The topological polar surface area (TPSA) is 64.3 Å². The van der Waals surface area contributed by atoms with Crippen molar-refractivity contribution in [2.75, 3.05) is 19.8 Å². The molecule has 3 N–H and O–H groups in total. The van der Waals surface area contributed by atoms with Gasteiger partial charge < -0.3 is 15.8 Å². The van der Waals surface area contributed by atoms with Crippen molar-refractivity contribution in [1.29, 1.82) is 0 Å². The Morgan fingerprint density at radius 1 is 1.29 bits per heavy atom. The van der Waals surface area contributed by atoms with E-state index in [2.05, 4.69) is 19.2 Å². The van der Waals surface area contributed by atoms with Crippen LogP contribution in [0.1, 0.15) is 46.5 Å². The second kappa shape index (κ2) is 10.5. The van der Waals surface area contributed by atoms with Crippen LogP contribution in [0.15, 0.2) is 0 Å². The average molecular weight is 244 g/mol. The van der Waals surface area contributed by atoms with Gasteiger partial charge in [0.05, 0.1) is 0 Å². The summed E-state index contributed by atoms with van der Waals surface area (Å²) in [5.41, 5.74) is 6.02. The Hall–Kier alpha value is -0.610. The summed E-state index contributed by atoms with van der Waals surface area (Å²) < 4.78 is 5.18. The number of ether oxygens (including phenoxy) is 1. The summed E-state index contributed by atoms with van der Waals surface area (Å²) in [6.45, 7) is 8.17. The van der Waals surface area contributed by atoms with Crippen LogP contribution in [0.4, 0.5) is 0 Å². The van der Waals surface area contributed by atoms with E-state index in [0.717, 1.165) is 19.3 Å². The van der Waals surface area contributed by atoms with E-state index in [-0.39, 0.29) is 11.9 Å². The van der Waals surface area contributed by atoms with Crippen LogP contribution in [-0.4, -0.2) is 31.7 Å². The van der Waals surface area contributed by atoms with E-state index >= 15 is 0 Å². The van der Waals surface area contributed by atoms with E-state index in [1.807, 2.05) is 6.92 Å². The molecule has 0 bridgehead atoms. The molecule has 17 heavy (non-hydrogen) atoms. The van der Waals surface area contributed by atoms with Gasteiger partial charge in [0.2, 0.25) is 5.91 Å². The molecule has 0 heterocycles. The third kappa shape index (κ3) is 8.16. The molecule has 0 spiro atoms. The zero-order valence-corrected chi connectivity index (χ0v) is 11.5. The smallest absolute Gasteiger partial charge is 0.220 e. The molecule has 0 fully saturated rings. The fourth-order valence-corrected chi connectivity index (χ4v) is 1.86. The molecule has 0 aromatic carbocycles. The highest BCUT2D eigenvalue weighted by Crippen LogP contribution is 2.10. The third-order valence-electron chi connectivity index (χ3n) is 3.09. The molecule has 4 heteroatoms. The minimum Gasteiger partial charge on any atom is -0.382 e. The van der Waals surface area contributed by atoms with Crippen molar-refractivity contribution in [3.05, 3.63) is 0 Å². The summed E-state index contributed by atoms with van der Waals surface area (Å²) in [5.74, 6) is 0.574. The Kier molecular flexibility index (Phi) is 10.2. The molecule has 1 atom stereocenters. The maximum atomic E-state index is 11.5. The average Bonchev–Trinajstić information content (AvgIpc) is 2.33. The molecule has 0 aliphatic carbocycles. The van der Waals surface area contributed by atoms with Gasteiger partial charge in [0, 0.05) is 32.2 Å². The lowest BCUT2D eigenvalue weighted by molar-refractivity contribution is -0.121. The highest BCUT2D eigenvalue weighted by molar-refractivity contribution is 5.75. The van der Waals surface area contributed by atoms with Gasteiger partial charge in [-0.05, 0) is 19.3 Å². The highest BCUT2D eigenvalue weighted by Gasteiger charge is 2.14. The monoisotopic (exact) mass is 244 g/mol. The molecule has 4 nitrogen and oxygen atoms in total. The maximum absolute atomic E-state index is 11.5. The summed E-state index contributed by atoms with van der Waals surface area (Å²) in [5, 5.41) is 2.89. The lowest BCUT2D eigenvalue weighted by atomic mass is 9.95. The number of nitrogens with two attached hydrogens (primary N) is 1. The van der Waals surface area contributed by atoms with Gasteiger partial charge in [-0.25, -0.2) is 0 Å². The van der Waals surface area contributed by atoms with Gasteiger partial charge in [-0.15, -0.1) is 0 Å². The molecule has 0 saturated carbocycles. The molecular weight excluding hydrogens is 216 g/mol. The maximum Gasteiger partial charge on any atom is 0.220 e. The predicted molar refractivity (Wildman–Crippen MR) is 70.8 cm³/mol. The van der Waals surface area contributed by atoms with E-state index in [1.165, 1.54) is 0 Å². The van der Waals surface area contributed by atoms with Crippen molar-refractivity contribution in [2.45, 2.75) is 52.5 Å². The van der Waals surface area contributed by atoms with Crippen LogP contribution >= 0.6 is 0 Å². The standard InChI is InChI=1S/C13H28N2O2/c1-4-11(5-2)12(14)10-15-13(16)8-7-9-17-6-3/h11-12H,4-10,14H2,1-3H3,(H,15,16). The molecular formula is C13H28N2O2. The van der Waals surface area contributed by atoms with Gasteiger partial charge in [0.15, 0.2) is 0 Å². The largest absolute Gasteiger partial charge is 0.382 e. The normalized spacial score (nSPS) is 12.8. The number of amides is 1. The number of nitrogens with one attached hydrogen (secondary N) is 1. The Balaban J connectivity index is 3.61. The Bertz CT molecular complexity index is 194. The third-order valence-corrected chi connectivity index (χ3v) is 3.09. The predicted octanol–water partition coefficient (Wildman–Crippen LogP) is 1.68. The van der Waals surface area contributed by atoms with Crippen LogP contribution in [-0.2, 0) is 9.53 Å². The van der Waals surface area contributed by atoms with Crippen LogP contribution in [0.25, 0.3) is 0 Å². The van der Waals surface area contributed by atoms with E-state index in [4.69, 9.17) is 10.5 Å². The quantitative estimate of drug-likeness (QED) is 0.575. The van der Waals surface area contributed by atoms with E-state index < -0.39 is 0 Å². The first kappa shape index (κ1) is 16.4. The van der Waals surface area contributed by atoms with Crippen molar-refractivity contribution >= 4 is 5.91 Å². The van der Waals surface area contributed by atoms with Crippen LogP contribution in [0.5, 0.6) is 0 Å². The summed E-state index contributed by atoms with van der Waals surface area (Å²) in [7, 11) is 0. The van der Waals surface area contributed by atoms with Crippen LogP contribution in [0, 0.1) is 5.92 Å². The van der Waals surface area contributed by atoms with Crippen LogP contribution in [0.3, 0.4) is 0 Å². The second-order valence-corrected chi connectivity index (χ2v) is 4.34. The number of hydrogen-bond donors (Lipinski definition) is 2. The van der Waals surface area contributed by atoms with Gasteiger partial charge in [0.25, 0.3) is 0 Å². The van der Waals surface area contributed by atoms with Gasteiger partial charge in [0.1, 0.15) is 0 Å². The fourth-order valence-electron chi connectivity index (χ4n) is 1.86. The van der Waals surface area contributed by atoms with Gasteiger partial charge >= 0.3 is 0 Å². The molecule has 0 rings (SSSR count). The minimum atomic E-state index is 0.0702. The minimum absolute atomic E-state index is 0.0702. The summed E-state index contributed by atoms with van der Waals surface area (Å²) >= 11 is 0. The van der Waals surface area contributed by atoms with E-state index in [9.17, 15) is 4.79 Å². The van der Waals surface area contributed by atoms with Crippen molar-refractivity contribution in [1.82, 2.24) is 5.32 Å². The number of rotatable bonds is 10. The molecule has 0 radical (unpaired) electrons. The van der Waals surface area contributed by atoms with Crippen molar-refractivity contribution in [2.24, 2.45) is 11.7 Å². The van der Waals surface area contributed by atoms with Crippen LogP contribution < -0.4 is 11.1 Å². The van der Waals surface area contributed by atoms with Gasteiger partial charge in [-0.2, -0.15) is 0 Å². The first-order valence-corrected chi connectivity index (χ1v) is 6.75. The van der Waals surface area contributed by atoms with E-state index in [0.29, 0.717) is 32.1 Å². The first-order valence-electron chi connectivity index (χ1n) is 6.75. The molecule has 1 amide bonds. The Morgan fingerprint density at radius 3 is 2.47 bits per heavy atom. The van der Waals surface area contributed by atoms with Gasteiger partial charge in [-0.1, -0.05) is 26.7 Å². The van der Waals surface area contributed by atoms with Crippen LogP contribution in [0.2, 0.25) is 0 Å². The zero-order valence-electron chi connectivity index (χ0n) is 11.5. The lowest BCUT2D eigenvalue weighted by Gasteiger charge is -2.21. The summed E-state index contributed by atoms with van der Waals surface area (Å²) in [4.78, 5) is 11.5. The lowest BCUT2D eigenvalue weighted by Crippen LogP contribution is -2.41. The SMILES string of the molecule is CCOCCCC(=O)NCC(N)C(CC)CC. The summed E-state index contributed by atoms with van der Waals surface area (Å²) in [6.07, 6.45) is 3.44. The summed E-state index contributed by atoms with van der Waals surface area (Å²) in [6, 6.07) is 0.0702. The van der Waals surface area contributed by atoms with Crippen molar-refractivity contribution < 1.29 is 9.53 Å². The number of carbonyl (C=O) groups excluding carboxylic acids is 1. The molecule has 0 aromatic rings. The highest BCUT2D eigenvalue weighted by atomic mass is 16.5. The Labute approximate surface area is 105 Å². The molecule has 0 saturated heterocycles. The Morgan fingerprint density at radius 2 is 1.94 bits per heavy atom. The zero-order chi connectivity index (χ0) is 13.1. The number of carbonyl (C=O) groups is 1.